The third-order valence-corrected chi connectivity index (χ3v) is 3.04. The molecule has 18 heavy (non-hydrogen) atoms. The highest BCUT2D eigenvalue weighted by Gasteiger charge is 2.20. The van der Waals surface area contributed by atoms with Gasteiger partial charge in [-0.1, -0.05) is 30.2 Å². The maximum atomic E-state index is 11.7. The number of hydrogen-bond donors (Lipinski definition) is 0. The van der Waals surface area contributed by atoms with Crippen molar-refractivity contribution in [3.63, 3.8) is 0 Å². The van der Waals surface area contributed by atoms with Crippen LogP contribution in [-0.4, -0.2) is 13.1 Å². The van der Waals surface area contributed by atoms with Crippen molar-refractivity contribution in [3.05, 3.63) is 34.9 Å². The first kappa shape index (κ1) is 14.5. The van der Waals surface area contributed by atoms with Crippen LogP contribution in [0.15, 0.2) is 24.3 Å². The highest BCUT2D eigenvalue weighted by molar-refractivity contribution is 6.30. The lowest BCUT2D eigenvalue weighted by atomic mass is 9.93. The zero-order valence-electron chi connectivity index (χ0n) is 10.4. The molecule has 0 radical (unpaired) electrons. The predicted octanol–water partition coefficient (Wildman–Crippen LogP) is 3.68. The number of methoxy groups -OCH3 is 1. The molecule has 1 aromatic rings. The molecule has 3 nitrogen and oxygen atoms in total. The Morgan fingerprint density at radius 1 is 1.39 bits per heavy atom. The quantitative estimate of drug-likeness (QED) is 0.582. The van der Waals surface area contributed by atoms with Crippen molar-refractivity contribution in [3.8, 4) is 6.07 Å². The topological polar surface area (TPSA) is 50.1 Å². The molecule has 0 spiro atoms. The van der Waals surface area contributed by atoms with Gasteiger partial charge >= 0.3 is 5.97 Å². The highest BCUT2D eigenvalue weighted by Crippen LogP contribution is 2.25. The van der Waals surface area contributed by atoms with Crippen molar-refractivity contribution in [1.29, 1.82) is 5.26 Å². The van der Waals surface area contributed by atoms with Gasteiger partial charge in [0.05, 0.1) is 19.1 Å². The molecular weight excluding hydrogens is 250 g/mol. The Labute approximate surface area is 112 Å². The van der Waals surface area contributed by atoms with Crippen LogP contribution in [0.2, 0.25) is 5.02 Å². The number of nitrogens with zero attached hydrogens (tertiary/aromatic N) is 1. The van der Waals surface area contributed by atoms with Gasteiger partial charge in [0, 0.05) is 11.4 Å². The molecule has 0 heterocycles. The van der Waals surface area contributed by atoms with Gasteiger partial charge in [0.25, 0.3) is 0 Å². The molecule has 96 valence electrons. The van der Waals surface area contributed by atoms with E-state index in [0.29, 0.717) is 17.9 Å². The van der Waals surface area contributed by atoms with E-state index in [0.717, 1.165) is 18.4 Å². The number of hydrogen-bond acceptors (Lipinski definition) is 3. The van der Waals surface area contributed by atoms with Crippen molar-refractivity contribution in [2.75, 3.05) is 7.11 Å². The van der Waals surface area contributed by atoms with Crippen molar-refractivity contribution < 1.29 is 9.53 Å². The van der Waals surface area contributed by atoms with Crippen LogP contribution in [0, 0.1) is 11.3 Å². The number of ether oxygens (including phenoxy) is 1. The van der Waals surface area contributed by atoms with E-state index in [4.69, 9.17) is 21.6 Å². The van der Waals surface area contributed by atoms with Gasteiger partial charge in [-0.25, -0.2) is 0 Å². The van der Waals surface area contributed by atoms with Crippen LogP contribution < -0.4 is 0 Å². The second-order valence-electron chi connectivity index (χ2n) is 4.03. The highest BCUT2D eigenvalue weighted by atomic mass is 35.5. The monoisotopic (exact) mass is 265 g/mol. The zero-order valence-corrected chi connectivity index (χ0v) is 11.1. The maximum absolute atomic E-state index is 11.7. The summed E-state index contributed by atoms with van der Waals surface area (Å²) in [7, 11) is 1.39. The lowest BCUT2D eigenvalue weighted by Crippen LogP contribution is -2.14. The van der Waals surface area contributed by atoms with Gasteiger partial charge in [0.1, 0.15) is 0 Å². The molecule has 0 amide bonds. The minimum absolute atomic E-state index is 0.241. The van der Waals surface area contributed by atoms with Crippen LogP contribution in [-0.2, 0) is 9.53 Å². The van der Waals surface area contributed by atoms with E-state index < -0.39 is 0 Å². The summed E-state index contributed by atoms with van der Waals surface area (Å²) in [6.07, 6.45) is 2.85. The van der Waals surface area contributed by atoms with Gasteiger partial charge in [-0.05, 0) is 30.5 Å². The Hall–Kier alpha value is -1.53. The van der Waals surface area contributed by atoms with E-state index in [9.17, 15) is 4.79 Å². The molecule has 1 atom stereocenters. The van der Waals surface area contributed by atoms with E-state index in [-0.39, 0.29) is 11.9 Å². The van der Waals surface area contributed by atoms with Gasteiger partial charge in [-0.2, -0.15) is 5.26 Å². The van der Waals surface area contributed by atoms with Crippen LogP contribution in [0.4, 0.5) is 0 Å². The van der Waals surface area contributed by atoms with Gasteiger partial charge in [0.2, 0.25) is 0 Å². The summed E-state index contributed by atoms with van der Waals surface area (Å²) in [6.45, 7) is 0. The smallest absolute Gasteiger partial charge is 0.313 e. The van der Waals surface area contributed by atoms with Crippen molar-refractivity contribution in [1.82, 2.24) is 0 Å². The van der Waals surface area contributed by atoms with Crippen LogP contribution in [0.3, 0.4) is 0 Å². The summed E-state index contributed by atoms with van der Waals surface area (Å²) in [5.41, 5.74) is 0.906. The van der Waals surface area contributed by atoms with Crippen LogP contribution >= 0.6 is 11.6 Å². The van der Waals surface area contributed by atoms with Crippen molar-refractivity contribution in [2.24, 2.45) is 0 Å². The van der Waals surface area contributed by atoms with E-state index >= 15 is 0 Å². The number of benzene rings is 1. The van der Waals surface area contributed by atoms with Gasteiger partial charge in [-0.15, -0.1) is 0 Å². The number of carbonyl (C=O) groups excluding carboxylic acids is 1. The molecule has 0 aromatic heterocycles. The summed E-state index contributed by atoms with van der Waals surface area (Å²) in [5.74, 6) is -0.514. The Bertz CT molecular complexity index is 422. The first-order valence-electron chi connectivity index (χ1n) is 5.89. The average molecular weight is 266 g/mol. The fourth-order valence-electron chi connectivity index (χ4n) is 1.81. The minimum atomic E-state index is -0.272. The number of carbonyl (C=O) groups is 1. The van der Waals surface area contributed by atoms with Gasteiger partial charge in [0.15, 0.2) is 0 Å². The number of unbranched alkanes of at least 4 members (excludes halogenated alkanes) is 2. The summed E-state index contributed by atoms with van der Waals surface area (Å²) >= 11 is 5.82. The molecule has 0 aliphatic carbocycles. The average Bonchev–Trinajstić information content (AvgIpc) is 2.39. The summed E-state index contributed by atoms with van der Waals surface area (Å²) in [4.78, 5) is 11.7. The fourth-order valence-corrected chi connectivity index (χ4v) is 1.94. The molecule has 0 fully saturated rings. The molecule has 4 heteroatoms. The molecule has 1 aromatic carbocycles. The summed E-state index contributed by atoms with van der Waals surface area (Å²) in [6, 6.07) is 9.31. The molecule has 0 saturated carbocycles. The van der Waals surface area contributed by atoms with Crippen molar-refractivity contribution in [2.45, 2.75) is 31.6 Å². The molecule has 0 N–H and O–H groups in total. The second-order valence-corrected chi connectivity index (χ2v) is 4.47. The SMILES string of the molecule is COC(=O)C(CCCCC#N)c1ccc(Cl)cc1. The molecule has 0 aliphatic rings. The predicted molar refractivity (Wildman–Crippen MR) is 70.3 cm³/mol. The first-order chi connectivity index (χ1) is 8.69. The minimum Gasteiger partial charge on any atom is -0.469 e. The normalized spacial score (nSPS) is 11.6. The van der Waals surface area contributed by atoms with Gasteiger partial charge < -0.3 is 4.74 Å². The molecular formula is C14H16ClNO2. The maximum Gasteiger partial charge on any atom is 0.313 e. The fraction of sp³-hybridized carbons (Fsp3) is 0.429. The lowest BCUT2D eigenvalue weighted by Gasteiger charge is -2.14. The van der Waals surface area contributed by atoms with E-state index in [1.54, 1.807) is 12.1 Å². The zero-order chi connectivity index (χ0) is 13.4. The van der Waals surface area contributed by atoms with Gasteiger partial charge in [-0.3, -0.25) is 4.79 Å². The molecule has 1 unspecified atom stereocenters. The molecule has 1 rings (SSSR count). The van der Waals surface area contributed by atoms with E-state index in [2.05, 4.69) is 6.07 Å². The summed E-state index contributed by atoms with van der Waals surface area (Å²) < 4.78 is 4.82. The van der Waals surface area contributed by atoms with Crippen LogP contribution in [0.5, 0.6) is 0 Å². The van der Waals surface area contributed by atoms with Crippen LogP contribution in [0.25, 0.3) is 0 Å². The first-order valence-corrected chi connectivity index (χ1v) is 6.27. The molecule has 0 saturated heterocycles. The molecule has 0 aliphatic heterocycles. The summed E-state index contributed by atoms with van der Waals surface area (Å²) in [5, 5.41) is 9.12. The third kappa shape index (κ3) is 4.38. The number of nitriles is 1. The third-order valence-electron chi connectivity index (χ3n) is 2.79. The number of rotatable bonds is 6. The van der Waals surface area contributed by atoms with E-state index in [1.807, 2.05) is 12.1 Å². The number of halogens is 1. The Morgan fingerprint density at radius 3 is 2.61 bits per heavy atom. The Kier molecular flexibility index (Phi) is 6.24. The Balaban J connectivity index is 2.69. The standard InChI is InChI=1S/C14H16ClNO2/c1-18-14(17)13(5-3-2-4-10-16)11-6-8-12(15)9-7-11/h6-9,13H,2-5H2,1H3. The largest absolute Gasteiger partial charge is 0.469 e. The second kappa shape index (κ2) is 7.73. The number of esters is 1. The lowest BCUT2D eigenvalue weighted by molar-refractivity contribution is -0.142. The van der Waals surface area contributed by atoms with E-state index in [1.165, 1.54) is 7.11 Å². The van der Waals surface area contributed by atoms with Crippen LogP contribution in [0.1, 0.15) is 37.2 Å². The van der Waals surface area contributed by atoms with Crippen molar-refractivity contribution >= 4 is 17.6 Å². The Morgan fingerprint density at radius 2 is 2.06 bits per heavy atom. The molecule has 0 bridgehead atoms.